The van der Waals surface area contributed by atoms with Gasteiger partial charge in [0.25, 0.3) is 0 Å². The Balaban J connectivity index is 2.06. The topological polar surface area (TPSA) is 64.3 Å². The lowest BCUT2D eigenvalue weighted by molar-refractivity contribution is -0.143. The Labute approximate surface area is 111 Å². The number of carboxylic acid groups (broad SMARTS) is 1. The van der Waals surface area contributed by atoms with Gasteiger partial charge in [0, 0.05) is 13.1 Å². The maximum atomic E-state index is 12.9. The number of hydrogen-bond acceptors (Lipinski definition) is 3. The fourth-order valence-electron chi connectivity index (χ4n) is 2.42. The molecule has 0 bridgehead atoms. The Morgan fingerprint density at radius 3 is 2.42 bits per heavy atom. The van der Waals surface area contributed by atoms with Crippen LogP contribution in [0.4, 0.5) is 4.39 Å². The minimum absolute atomic E-state index is 0.316. The highest BCUT2D eigenvalue weighted by Gasteiger charge is 2.29. The summed E-state index contributed by atoms with van der Waals surface area (Å²) in [6, 6.07) is 7.65. The van der Waals surface area contributed by atoms with Crippen LogP contribution >= 0.6 is 0 Å². The third-order valence-corrected chi connectivity index (χ3v) is 3.55. The van der Waals surface area contributed by atoms with Crippen molar-refractivity contribution in [2.75, 3.05) is 13.1 Å². The van der Waals surface area contributed by atoms with Crippen LogP contribution in [-0.2, 0) is 4.79 Å². The Bertz CT molecular complexity index is 487. The first-order valence-corrected chi connectivity index (χ1v) is 6.23. The molecule has 100 valence electrons. The molecular formula is C14H15FN2O2. The first kappa shape index (κ1) is 13.5. The normalized spacial score (nSPS) is 18.7. The zero-order valence-electron chi connectivity index (χ0n) is 10.4. The van der Waals surface area contributed by atoms with Crippen LogP contribution in [-0.4, -0.2) is 29.1 Å². The van der Waals surface area contributed by atoms with Crippen LogP contribution in [0.5, 0.6) is 0 Å². The Morgan fingerprint density at radius 2 is 1.95 bits per heavy atom. The molecule has 1 aromatic rings. The van der Waals surface area contributed by atoms with Gasteiger partial charge in [-0.1, -0.05) is 12.1 Å². The summed E-state index contributed by atoms with van der Waals surface area (Å²) in [5.41, 5.74) is 0.748. The van der Waals surface area contributed by atoms with Crippen molar-refractivity contribution in [3.8, 4) is 6.07 Å². The number of likely N-dealkylation sites (tertiary alicyclic amines) is 1. The Morgan fingerprint density at radius 1 is 1.37 bits per heavy atom. The van der Waals surface area contributed by atoms with Gasteiger partial charge in [-0.2, -0.15) is 5.26 Å². The minimum Gasteiger partial charge on any atom is -0.481 e. The molecule has 19 heavy (non-hydrogen) atoms. The number of rotatable bonds is 3. The SMILES string of the molecule is N#CC(c1ccc(F)cc1)N1CCC(C(=O)O)CC1. The second-order valence-corrected chi connectivity index (χ2v) is 4.73. The summed E-state index contributed by atoms with van der Waals surface area (Å²) >= 11 is 0. The van der Waals surface area contributed by atoms with Gasteiger partial charge in [0.2, 0.25) is 0 Å². The van der Waals surface area contributed by atoms with E-state index in [1.807, 2.05) is 4.90 Å². The van der Waals surface area contributed by atoms with Crippen molar-refractivity contribution in [3.05, 3.63) is 35.6 Å². The van der Waals surface area contributed by atoms with Crippen LogP contribution < -0.4 is 0 Å². The Hall–Kier alpha value is -1.93. The largest absolute Gasteiger partial charge is 0.481 e. The molecule has 1 aromatic carbocycles. The van der Waals surface area contributed by atoms with Gasteiger partial charge in [0.15, 0.2) is 0 Å². The second-order valence-electron chi connectivity index (χ2n) is 4.73. The summed E-state index contributed by atoms with van der Waals surface area (Å²) in [6.45, 7) is 1.15. The molecule has 1 fully saturated rings. The lowest BCUT2D eigenvalue weighted by Crippen LogP contribution is -2.38. The van der Waals surface area contributed by atoms with Crippen LogP contribution in [0.25, 0.3) is 0 Å². The Kier molecular flexibility index (Phi) is 4.13. The summed E-state index contributed by atoms with van der Waals surface area (Å²) in [5.74, 6) is -1.41. The fraction of sp³-hybridized carbons (Fsp3) is 0.429. The molecule has 0 spiro atoms. The van der Waals surface area contributed by atoms with Gasteiger partial charge in [0.05, 0.1) is 12.0 Å². The summed E-state index contributed by atoms with van der Waals surface area (Å²) in [5, 5.41) is 18.2. The molecule has 4 nitrogen and oxygen atoms in total. The molecule has 1 heterocycles. The number of halogens is 1. The van der Waals surface area contributed by atoms with E-state index in [4.69, 9.17) is 5.11 Å². The van der Waals surface area contributed by atoms with Gasteiger partial charge in [-0.3, -0.25) is 9.69 Å². The minimum atomic E-state index is -0.769. The van der Waals surface area contributed by atoms with E-state index in [-0.39, 0.29) is 11.7 Å². The molecule has 2 rings (SSSR count). The summed E-state index contributed by atoms with van der Waals surface area (Å²) in [7, 11) is 0. The average Bonchev–Trinajstić information content (AvgIpc) is 2.42. The van der Waals surface area contributed by atoms with E-state index >= 15 is 0 Å². The van der Waals surface area contributed by atoms with Crippen molar-refractivity contribution in [2.45, 2.75) is 18.9 Å². The predicted molar refractivity (Wildman–Crippen MR) is 66.7 cm³/mol. The smallest absolute Gasteiger partial charge is 0.306 e. The molecule has 0 amide bonds. The molecule has 5 heteroatoms. The van der Waals surface area contributed by atoms with Gasteiger partial charge in [-0.15, -0.1) is 0 Å². The van der Waals surface area contributed by atoms with Crippen LogP contribution in [0.15, 0.2) is 24.3 Å². The van der Waals surface area contributed by atoms with Gasteiger partial charge in [0.1, 0.15) is 11.9 Å². The van der Waals surface area contributed by atoms with E-state index in [1.54, 1.807) is 12.1 Å². The summed E-state index contributed by atoms with van der Waals surface area (Å²) in [4.78, 5) is 12.8. The average molecular weight is 262 g/mol. The predicted octanol–water partition coefficient (Wildman–Crippen LogP) is 2.19. The van der Waals surface area contributed by atoms with Crippen molar-refractivity contribution < 1.29 is 14.3 Å². The highest BCUT2D eigenvalue weighted by molar-refractivity contribution is 5.70. The molecule has 1 N–H and O–H groups in total. The molecule has 0 saturated carbocycles. The first-order valence-electron chi connectivity index (χ1n) is 6.23. The van der Waals surface area contributed by atoms with Crippen molar-refractivity contribution in [3.63, 3.8) is 0 Å². The van der Waals surface area contributed by atoms with Crippen molar-refractivity contribution >= 4 is 5.97 Å². The van der Waals surface area contributed by atoms with Gasteiger partial charge < -0.3 is 5.11 Å². The van der Waals surface area contributed by atoms with E-state index < -0.39 is 12.0 Å². The maximum Gasteiger partial charge on any atom is 0.306 e. The van der Waals surface area contributed by atoms with E-state index in [2.05, 4.69) is 6.07 Å². The van der Waals surface area contributed by atoms with Crippen molar-refractivity contribution in [1.82, 2.24) is 4.90 Å². The van der Waals surface area contributed by atoms with E-state index in [1.165, 1.54) is 12.1 Å². The molecule has 0 aromatic heterocycles. The van der Waals surface area contributed by atoms with Gasteiger partial charge in [-0.05, 0) is 30.5 Å². The number of benzene rings is 1. The van der Waals surface area contributed by atoms with Crippen LogP contribution in [0.3, 0.4) is 0 Å². The molecule has 1 aliphatic rings. The number of nitrogens with zero attached hydrogens (tertiary/aromatic N) is 2. The molecule has 1 atom stereocenters. The number of nitriles is 1. The molecule has 0 radical (unpaired) electrons. The highest BCUT2D eigenvalue weighted by Crippen LogP contribution is 2.26. The van der Waals surface area contributed by atoms with E-state index in [0.717, 1.165) is 5.56 Å². The third-order valence-electron chi connectivity index (χ3n) is 3.55. The molecule has 0 aliphatic carbocycles. The zero-order valence-corrected chi connectivity index (χ0v) is 10.4. The third kappa shape index (κ3) is 3.09. The van der Waals surface area contributed by atoms with E-state index in [0.29, 0.717) is 25.9 Å². The number of piperidine rings is 1. The molecule has 1 unspecified atom stereocenters. The standard InChI is InChI=1S/C14H15FN2O2/c15-12-3-1-10(2-4-12)13(9-16)17-7-5-11(6-8-17)14(18)19/h1-4,11,13H,5-8H2,(H,18,19). The lowest BCUT2D eigenvalue weighted by Gasteiger charge is -2.33. The fourth-order valence-corrected chi connectivity index (χ4v) is 2.42. The summed E-state index contributed by atoms with van der Waals surface area (Å²) in [6.07, 6.45) is 1.10. The number of carbonyl (C=O) groups is 1. The summed E-state index contributed by atoms with van der Waals surface area (Å²) < 4.78 is 12.9. The number of aliphatic carboxylic acids is 1. The lowest BCUT2D eigenvalue weighted by atomic mass is 9.94. The first-order chi connectivity index (χ1) is 9.11. The van der Waals surface area contributed by atoms with Crippen LogP contribution in [0.2, 0.25) is 0 Å². The highest BCUT2D eigenvalue weighted by atomic mass is 19.1. The number of carboxylic acids is 1. The maximum absolute atomic E-state index is 12.9. The molecule has 1 saturated heterocycles. The van der Waals surface area contributed by atoms with E-state index in [9.17, 15) is 14.4 Å². The van der Waals surface area contributed by atoms with Crippen molar-refractivity contribution in [1.29, 1.82) is 5.26 Å². The van der Waals surface area contributed by atoms with Crippen LogP contribution in [0, 0.1) is 23.1 Å². The molecule has 1 aliphatic heterocycles. The van der Waals surface area contributed by atoms with Crippen molar-refractivity contribution in [2.24, 2.45) is 5.92 Å². The monoisotopic (exact) mass is 262 g/mol. The quantitative estimate of drug-likeness (QED) is 0.906. The second kappa shape index (κ2) is 5.81. The van der Waals surface area contributed by atoms with Gasteiger partial charge >= 0.3 is 5.97 Å². The number of hydrogen-bond donors (Lipinski definition) is 1. The van der Waals surface area contributed by atoms with Crippen LogP contribution in [0.1, 0.15) is 24.4 Å². The zero-order chi connectivity index (χ0) is 13.8. The molecular weight excluding hydrogens is 247 g/mol. The van der Waals surface area contributed by atoms with Gasteiger partial charge in [-0.25, -0.2) is 4.39 Å².